The lowest BCUT2D eigenvalue weighted by molar-refractivity contribution is -0.122. The molecule has 2 aliphatic rings. The standard InChI is InChI=1S/C30H25BrClFN4O3/c1-28(39,16-31)21-12-24-26(25(33)13-21)30(20-3-5-22(32)6-4-20,40-18-29(17-35)9-10-29)37(27(24)38)15-23-7-2-19(8-11-34)14-36-23/h2-7,12-14,39H,9-10,15-16,18,34H2,1H3/t28?,30-/m1/s1. The van der Waals surface area contributed by atoms with Gasteiger partial charge in [0.1, 0.15) is 5.82 Å². The molecule has 1 unspecified atom stereocenters. The Balaban J connectivity index is 1.73. The molecular formula is C30H25BrClFN4O3. The molecule has 1 aliphatic carbocycles. The van der Waals surface area contributed by atoms with Gasteiger partial charge in [-0.3, -0.25) is 14.7 Å². The Morgan fingerprint density at radius 1 is 1.27 bits per heavy atom. The van der Waals surface area contributed by atoms with E-state index in [0.29, 0.717) is 34.7 Å². The molecule has 1 saturated carbocycles. The van der Waals surface area contributed by atoms with Crippen molar-refractivity contribution in [3.63, 3.8) is 0 Å². The number of amides is 1. The average Bonchev–Trinajstić information content (AvgIpc) is 3.70. The fourth-order valence-corrected chi connectivity index (χ4v) is 5.29. The molecule has 1 aliphatic heterocycles. The van der Waals surface area contributed by atoms with Crippen LogP contribution in [0.25, 0.3) is 0 Å². The van der Waals surface area contributed by atoms with E-state index in [1.807, 2.05) is 0 Å². The predicted octanol–water partition coefficient (Wildman–Crippen LogP) is 4.92. The highest BCUT2D eigenvalue weighted by Crippen LogP contribution is 2.52. The molecule has 7 nitrogen and oxygen atoms in total. The van der Waals surface area contributed by atoms with E-state index in [-0.39, 0.29) is 35.2 Å². The van der Waals surface area contributed by atoms with E-state index in [9.17, 15) is 15.2 Å². The van der Waals surface area contributed by atoms with Gasteiger partial charge in [-0.2, -0.15) is 5.26 Å². The Hall–Kier alpha value is -3.47. The number of carbonyl (C=O) groups excluding carboxylic acids is 1. The van der Waals surface area contributed by atoms with Crippen LogP contribution in [0.15, 0.2) is 54.7 Å². The number of aromatic nitrogens is 1. The molecule has 3 N–H and O–H groups in total. The number of nitrogens with zero attached hydrogens (tertiary/aromatic N) is 3. The Morgan fingerprint density at radius 2 is 2.00 bits per heavy atom. The van der Waals surface area contributed by atoms with Crippen molar-refractivity contribution in [2.75, 3.05) is 11.9 Å². The monoisotopic (exact) mass is 622 g/mol. The van der Waals surface area contributed by atoms with Crippen molar-refractivity contribution < 1.29 is 19.0 Å². The molecule has 0 radical (unpaired) electrons. The third-order valence-electron chi connectivity index (χ3n) is 7.41. The topological polar surface area (TPSA) is 112 Å². The van der Waals surface area contributed by atoms with E-state index in [0.717, 1.165) is 0 Å². The minimum absolute atomic E-state index is 0.00769. The number of ether oxygens (including phenoxy) is 1. The molecular weight excluding hydrogens is 599 g/mol. The van der Waals surface area contributed by atoms with Crippen LogP contribution < -0.4 is 5.73 Å². The summed E-state index contributed by atoms with van der Waals surface area (Å²) in [5, 5.41) is 21.2. The SMILES string of the molecule is CC(O)(CBr)c1cc(F)c2c(c1)C(=O)N(Cc1ccc(C#CN)cn1)[C@@]2(OCC1(C#N)CC1)c1ccc(Cl)cc1. The van der Waals surface area contributed by atoms with Crippen molar-refractivity contribution in [2.45, 2.75) is 37.6 Å². The van der Waals surface area contributed by atoms with Gasteiger partial charge in [0, 0.05) is 33.7 Å². The summed E-state index contributed by atoms with van der Waals surface area (Å²) >= 11 is 9.47. The van der Waals surface area contributed by atoms with Gasteiger partial charge in [0.05, 0.1) is 47.1 Å². The molecule has 1 aromatic heterocycles. The number of benzene rings is 2. The number of halogens is 3. The zero-order valence-corrected chi connectivity index (χ0v) is 23.9. The molecule has 0 spiro atoms. The van der Waals surface area contributed by atoms with Crippen LogP contribution in [0.4, 0.5) is 4.39 Å². The van der Waals surface area contributed by atoms with Crippen molar-refractivity contribution in [1.82, 2.24) is 9.88 Å². The molecule has 3 aromatic rings. The Bertz CT molecular complexity index is 1570. The van der Waals surface area contributed by atoms with Crippen LogP contribution in [0.5, 0.6) is 0 Å². The molecule has 2 atom stereocenters. The number of hydrogen-bond donors (Lipinski definition) is 2. The van der Waals surface area contributed by atoms with Gasteiger partial charge in [-0.25, -0.2) is 4.39 Å². The van der Waals surface area contributed by atoms with Crippen molar-refractivity contribution >= 4 is 33.4 Å². The highest BCUT2D eigenvalue weighted by atomic mass is 79.9. The smallest absolute Gasteiger partial charge is 0.257 e. The van der Waals surface area contributed by atoms with E-state index in [2.05, 4.69) is 38.9 Å². The van der Waals surface area contributed by atoms with Crippen LogP contribution in [0.1, 0.15) is 58.1 Å². The number of alkyl halides is 1. The lowest BCUT2D eigenvalue weighted by Crippen LogP contribution is -2.47. The minimum Gasteiger partial charge on any atom is -0.385 e. The van der Waals surface area contributed by atoms with E-state index in [1.54, 1.807) is 36.4 Å². The van der Waals surface area contributed by atoms with Gasteiger partial charge < -0.3 is 15.6 Å². The van der Waals surface area contributed by atoms with Gasteiger partial charge >= 0.3 is 0 Å². The van der Waals surface area contributed by atoms with Crippen molar-refractivity contribution in [3.05, 3.63) is 99.1 Å². The highest BCUT2D eigenvalue weighted by Gasteiger charge is 2.57. The molecule has 2 heterocycles. The third kappa shape index (κ3) is 4.84. The number of carbonyl (C=O) groups is 1. The number of rotatable bonds is 8. The summed E-state index contributed by atoms with van der Waals surface area (Å²) in [5.41, 5.74) is 3.28. The Morgan fingerprint density at radius 3 is 2.58 bits per heavy atom. The van der Waals surface area contributed by atoms with Crippen molar-refractivity contribution in [1.29, 1.82) is 5.26 Å². The van der Waals surface area contributed by atoms with Crippen LogP contribution in [-0.4, -0.2) is 32.8 Å². The Labute approximate surface area is 244 Å². The minimum atomic E-state index is -1.73. The zero-order chi connectivity index (χ0) is 28.7. The summed E-state index contributed by atoms with van der Waals surface area (Å²) in [5.74, 6) is 1.49. The molecule has 1 amide bonds. The van der Waals surface area contributed by atoms with Crippen LogP contribution >= 0.6 is 27.5 Å². The largest absolute Gasteiger partial charge is 0.385 e. The summed E-state index contributed by atoms with van der Waals surface area (Å²) in [6.45, 7) is 1.46. The summed E-state index contributed by atoms with van der Waals surface area (Å²) in [7, 11) is 0. The summed E-state index contributed by atoms with van der Waals surface area (Å²) in [6.07, 6.45) is 2.82. The van der Waals surface area contributed by atoms with Crippen molar-refractivity contribution in [3.8, 4) is 18.0 Å². The van der Waals surface area contributed by atoms with Gasteiger partial charge in [0.15, 0.2) is 5.72 Å². The van der Waals surface area contributed by atoms with Crippen LogP contribution in [0, 0.1) is 34.5 Å². The van der Waals surface area contributed by atoms with Gasteiger partial charge in [0.2, 0.25) is 0 Å². The van der Waals surface area contributed by atoms with Crippen LogP contribution in [0.2, 0.25) is 5.02 Å². The van der Waals surface area contributed by atoms with E-state index >= 15 is 4.39 Å². The maximum atomic E-state index is 16.3. The van der Waals surface area contributed by atoms with Gasteiger partial charge in [0.25, 0.3) is 5.91 Å². The first kappa shape index (κ1) is 28.1. The van der Waals surface area contributed by atoms with Crippen molar-refractivity contribution in [2.24, 2.45) is 11.1 Å². The molecule has 10 heteroatoms. The maximum absolute atomic E-state index is 16.3. The fourth-order valence-electron chi connectivity index (χ4n) is 4.84. The first-order valence-corrected chi connectivity index (χ1v) is 14.0. The van der Waals surface area contributed by atoms with E-state index in [4.69, 9.17) is 22.1 Å². The van der Waals surface area contributed by atoms with Gasteiger partial charge in [-0.1, -0.05) is 39.7 Å². The van der Waals surface area contributed by atoms with Gasteiger partial charge in [-0.05, 0) is 67.6 Å². The molecule has 204 valence electrons. The van der Waals surface area contributed by atoms with Crippen LogP contribution in [-0.2, 0) is 22.6 Å². The summed E-state index contributed by atoms with van der Waals surface area (Å²) < 4.78 is 22.9. The first-order valence-electron chi connectivity index (χ1n) is 12.5. The second-order valence-electron chi connectivity index (χ2n) is 10.3. The first-order chi connectivity index (χ1) is 19.1. The molecule has 0 saturated heterocycles. The quantitative estimate of drug-likeness (QED) is 0.209. The normalized spacial score (nSPS) is 20.2. The van der Waals surface area contributed by atoms with Gasteiger partial charge in [-0.15, -0.1) is 0 Å². The second-order valence-corrected chi connectivity index (χ2v) is 11.3. The molecule has 5 rings (SSSR count). The highest BCUT2D eigenvalue weighted by molar-refractivity contribution is 9.09. The molecule has 40 heavy (non-hydrogen) atoms. The predicted molar refractivity (Wildman–Crippen MR) is 150 cm³/mol. The number of aliphatic hydroxyl groups is 1. The Kier molecular flexibility index (Phi) is 7.37. The molecule has 0 bridgehead atoms. The maximum Gasteiger partial charge on any atom is 0.257 e. The number of hydrogen-bond acceptors (Lipinski definition) is 6. The van der Waals surface area contributed by atoms with E-state index < -0.39 is 28.5 Å². The lowest BCUT2D eigenvalue weighted by Gasteiger charge is -2.40. The molecule has 1 fully saturated rings. The summed E-state index contributed by atoms with van der Waals surface area (Å²) in [6, 6.07) is 17.4. The third-order valence-corrected chi connectivity index (χ3v) is 8.76. The number of nitriles is 1. The zero-order valence-electron chi connectivity index (χ0n) is 21.5. The second kappa shape index (κ2) is 10.5. The lowest BCUT2D eigenvalue weighted by atomic mass is 9.88. The fraction of sp³-hybridized carbons (Fsp3) is 0.300. The molecule has 2 aromatic carbocycles. The summed E-state index contributed by atoms with van der Waals surface area (Å²) in [4.78, 5) is 20.0. The number of nitrogens with two attached hydrogens (primary N) is 1. The average molecular weight is 624 g/mol. The van der Waals surface area contributed by atoms with E-state index in [1.165, 1.54) is 30.2 Å². The number of pyridine rings is 1. The number of fused-ring (bicyclic) bond motifs is 1. The van der Waals surface area contributed by atoms with Crippen LogP contribution in [0.3, 0.4) is 0 Å².